The number of hydrogen-bond donors (Lipinski definition) is 2. The predicted molar refractivity (Wildman–Crippen MR) is 164 cm³/mol. The lowest BCUT2D eigenvalue weighted by atomic mass is 10.0. The third-order valence-corrected chi connectivity index (χ3v) is 15.3. The number of benzene rings is 2. The van der Waals surface area contributed by atoms with Gasteiger partial charge in [-0.15, -0.1) is 0 Å². The molecule has 2 N–H and O–H groups in total. The van der Waals surface area contributed by atoms with Crippen LogP contribution in [0.1, 0.15) is 56.5 Å². The van der Waals surface area contributed by atoms with Crippen LogP contribution in [0.4, 0.5) is 0 Å². The van der Waals surface area contributed by atoms with E-state index in [1.807, 2.05) is 36.4 Å². The van der Waals surface area contributed by atoms with Crippen molar-refractivity contribution < 1.29 is 18.6 Å². The molecule has 3 rings (SSSR count). The summed E-state index contributed by atoms with van der Waals surface area (Å²) in [6.45, 7) is 11.7. The highest BCUT2D eigenvalue weighted by atomic mass is 32.2. The number of nitrogens with zero attached hydrogens (tertiary/aromatic N) is 4. The molecule has 0 aliphatic heterocycles. The Hall–Kier alpha value is -2.34. The van der Waals surface area contributed by atoms with Crippen molar-refractivity contribution in [1.29, 1.82) is 0 Å². The van der Waals surface area contributed by atoms with Crippen LogP contribution in [0.15, 0.2) is 66.9 Å². The van der Waals surface area contributed by atoms with Crippen LogP contribution in [0.25, 0.3) is 0 Å². The Morgan fingerprint density at radius 1 is 0.925 bits per heavy atom. The van der Waals surface area contributed by atoms with Crippen LogP contribution in [0.3, 0.4) is 0 Å². The molecule has 2 aromatic carbocycles. The molecule has 1 heterocycles. The summed E-state index contributed by atoms with van der Waals surface area (Å²) in [5.74, 6) is 0. The Kier molecular flexibility index (Phi) is 10.5. The molecule has 0 radical (unpaired) electrons. The minimum atomic E-state index is -3.92. The van der Waals surface area contributed by atoms with Crippen molar-refractivity contribution in [2.24, 2.45) is 0 Å². The van der Waals surface area contributed by atoms with E-state index < -0.39 is 24.4 Å². The van der Waals surface area contributed by atoms with Crippen molar-refractivity contribution >= 4 is 23.7 Å². The van der Waals surface area contributed by atoms with Crippen LogP contribution in [-0.4, -0.2) is 71.6 Å². The van der Waals surface area contributed by atoms with Crippen molar-refractivity contribution in [2.75, 3.05) is 20.7 Å². The summed E-state index contributed by atoms with van der Waals surface area (Å²) in [6.07, 6.45) is 1.20. The monoisotopic (exact) mass is 586 g/mol. The Morgan fingerprint density at radius 2 is 1.43 bits per heavy atom. The molecule has 2 atom stereocenters. The quantitative estimate of drug-likeness (QED) is 0.292. The second-order valence-corrected chi connectivity index (χ2v) is 19.4. The normalized spacial score (nSPS) is 14.6. The first-order valence-electron chi connectivity index (χ1n) is 13.8. The van der Waals surface area contributed by atoms with Gasteiger partial charge in [0.2, 0.25) is 0 Å². The Labute approximate surface area is 241 Å². The maximum Gasteiger partial charge on any atom is 0.308 e. The SMILES string of the molecule is CN(C)S(=O)(=O)n1c(C(O)CC[C@@H](CO)N(Cc2ccccc2)Cc2ccccc2)cnc1[Si](C)(C)C(C)(C)C. The summed E-state index contributed by atoms with van der Waals surface area (Å²) < 4.78 is 29.5. The fourth-order valence-electron chi connectivity index (χ4n) is 4.57. The molecular formula is C30H46N4O4SSi. The molecule has 0 saturated heterocycles. The molecule has 0 aliphatic carbocycles. The van der Waals surface area contributed by atoms with Gasteiger partial charge in [0.05, 0.1) is 24.6 Å². The maximum absolute atomic E-state index is 13.5. The molecule has 0 saturated carbocycles. The minimum Gasteiger partial charge on any atom is -0.395 e. The fraction of sp³-hybridized carbons (Fsp3) is 0.500. The summed E-state index contributed by atoms with van der Waals surface area (Å²) in [4.78, 5) is 6.83. The van der Waals surface area contributed by atoms with Gasteiger partial charge in [-0.3, -0.25) is 4.90 Å². The highest BCUT2D eigenvalue weighted by Gasteiger charge is 2.44. The lowest BCUT2D eigenvalue weighted by molar-refractivity contribution is 0.0818. The minimum absolute atomic E-state index is 0.0864. The summed E-state index contributed by atoms with van der Waals surface area (Å²) in [6, 6.07) is 20.0. The van der Waals surface area contributed by atoms with Crippen molar-refractivity contribution in [1.82, 2.24) is 18.2 Å². The number of aromatic nitrogens is 2. The maximum atomic E-state index is 13.5. The van der Waals surface area contributed by atoms with Crippen LogP contribution in [-0.2, 0) is 23.3 Å². The van der Waals surface area contributed by atoms with Crippen molar-refractivity contribution in [3.63, 3.8) is 0 Å². The highest BCUT2D eigenvalue weighted by molar-refractivity contribution is 7.87. The Balaban J connectivity index is 1.91. The highest BCUT2D eigenvalue weighted by Crippen LogP contribution is 2.36. The van der Waals surface area contributed by atoms with Gasteiger partial charge < -0.3 is 10.2 Å². The number of imidazole rings is 1. The largest absolute Gasteiger partial charge is 0.395 e. The van der Waals surface area contributed by atoms with Gasteiger partial charge >= 0.3 is 10.2 Å². The van der Waals surface area contributed by atoms with Gasteiger partial charge in [-0.1, -0.05) is 94.5 Å². The van der Waals surface area contributed by atoms with E-state index in [2.05, 4.69) is 68.0 Å². The van der Waals surface area contributed by atoms with Gasteiger partial charge in [-0.25, -0.2) is 8.96 Å². The standard InChI is InChI=1S/C30H46N4O4SSi/c1-30(2,3)40(6,7)29-31-20-27(34(29)39(37,38)32(4)5)28(36)19-18-26(23-35)33(21-24-14-10-8-11-15-24)22-25-16-12-9-13-17-25/h8-17,20,26,28,35-36H,18-19,21-23H2,1-7H3/t26-,28?/m0/s1. The van der Waals surface area contributed by atoms with Gasteiger partial charge in [-0.05, 0) is 29.0 Å². The molecule has 1 aromatic heterocycles. The third-order valence-electron chi connectivity index (χ3n) is 8.17. The summed E-state index contributed by atoms with van der Waals surface area (Å²) in [5, 5.41) is 21.7. The first-order valence-corrected chi connectivity index (χ1v) is 18.2. The number of aliphatic hydroxyl groups is 2. The van der Waals surface area contributed by atoms with E-state index in [0.717, 1.165) is 11.1 Å². The summed E-state index contributed by atoms with van der Waals surface area (Å²) in [5.41, 5.74) is 3.05. The van der Waals surface area contributed by atoms with Gasteiger partial charge in [0.1, 0.15) is 13.5 Å². The van der Waals surface area contributed by atoms with Gasteiger partial charge in [-0.2, -0.15) is 12.7 Å². The molecule has 0 bridgehead atoms. The zero-order valence-electron chi connectivity index (χ0n) is 24.9. The average molecular weight is 587 g/mol. The predicted octanol–water partition coefficient (Wildman–Crippen LogP) is 4.13. The first-order chi connectivity index (χ1) is 18.7. The van der Waals surface area contributed by atoms with Crippen LogP contribution in [0, 0.1) is 0 Å². The molecule has 220 valence electrons. The molecule has 3 aromatic rings. The van der Waals surface area contributed by atoms with E-state index in [1.54, 1.807) is 0 Å². The van der Waals surface area contributed by atoms with Gasteiger partial charge in [0.15, 0.2) is 0 Å². The number of rotatable bonds is 13. The Bertz CT molecular complexity index is 1280. The van der Waals surface area contributed by atoms with Crippen LogP contribution < -0.4 is 5.45 Å². The smallest absolute Gasteiger partial charge is 0.308 e. The lowest BCUT2D eigenvalue weighted by Gasteiger charge is -2.36. The van der Waals surface area contributed by atoms with E-state index in [4.69, 9.17) is 0 Å². The van der Waals surface area contributed by atoms with E-state index >= 15 is 0 Å². The second-order valence-electron chi connectivity index (χ2n) is 12.2. The topological polar surface area (TPSA) is 98.9 Å². The fourth-order valence-corrected chi connectivity index (χ4v) is 8.32. The van der Waals surface area contributed by atoms with E-state index in [-0.39, 0.29) is 29.8 Å². The van der Waals surface area contributed by atoms with Crippen molar-refractivity contribution in [3.05, 3.63) is 83.7 Å². The molecule has 40 heavy (non-hydrogen) atoms. The average Bonchev–Trinajstić information content (AvgIpc) is 3.36. The molecule has 1 unspecified atom stereocenters. The van der Waals surface area contributed by atoms with Crippen molar-refractivity contribution in [3.8, 4) is 0 Å². The van der Waals surface area contributed by atoms with Crippen molar-refractivity contribution in [2.45, 2.75) is 77.0 Å². The zero-order valence-corrected chi connectivity index (χ0v) is 26.8. The molecule has 10 heteroatoms. The number of hydrogen-bond acceptors (Lipinski definition) is 6. The zero-order chi connectivity index (χ0) is 29.7. The summed E-state index contributed by atoms with van der Waals surface area (Å²) in [7, 11) is -3.31. The summed E-state index contributed by atoms with van der Waals surface area (Å²) >= 11 is 0. The van der Waals surface area contributed by atoms with Crippen LogP contribution >= 0.6 is 0 Å². The molecule has 8 nitrogen and oxygen atoms in total. The second kappa shape index (κ2) is 13.1. The molecule has 0 aliphatic rings. The van der Waals surface area contributed by atoms with E-state index in [9.17, 15) is 18.6 Å². The van der Waals surface area contributed by atoms with E-state index in [1.165, 1.54) is 28.6 Å². The lowest BCUT2D eigenvalue weighted by Crippen LogP contribution is -2.56. The first kappa shape index (κ1) is 32.2. The molecule has 0 spiro atoms. The molecular weight excluding hydrogens is 541 g/mol. The third kappa shape index (κ3) is 7.29. The number of aliphatic hydroxyl groups excluding tert-OH is 2. The van der Waals surface area contributed by atoms with E-state index in [0.29, 0.717) is 25.0 Å². The Morgan fingerprint density at radius 3 is 1.85 bits per heavy atom. The van der Waals surface area contributed by atoms with Crippen LogP contribution in [0.5, 0.6) is 0 Å². The molecule has 0 amide bonds. The van der Waals surface area contributed by atoms with Crippen LogP contribution in [0.2, 0.25) is 18.1 Å². The molecule has 0 fully saturated rings. The van der Waals surface area contributed by atoms with Gasteiger partial charge in [0.25, 0.3) is 0 Å². The van der Waals surface area contributed by atoms with Gasteiger partial charge in [0, 0.05) is 33.2 Å².